The second-order valence-electron chi connectivity index (χ2n) is 4.99. The van der Waals surface area contributed by atoms with E-state index in [1.807, 2.05) is 0 Å². The van der Waals surface area contributed by atoms with Crippen LogP contribution in [-0.4, -0.2) is 0 Å². The lowest BCUT2D eigenvalue weighted by molar-refractivity contribution is 0.498. The van der Waals surface area contributed by atoms with Gasteiger partial charge in [0.05, 0.1) is 12.1 Å². The maximum atomic E-state index is 13.9. The van der Waals surface area contributed by atoms with Gasteiger partial charge in [0.1, 0.15) is 11.6 Å². The van der Waals surface area contributed by atoms with Crippen molar-refractivity contribution in [3.63, 3.8) is 0 Å². The fourth-order valence-electron chi connectivity index (χ4n) is 2.49. The van der Waals surface area contributed by atoms with Gasteiger partial charge in [-0.3, -0.25) is 0 Å². The quantitative estimate of drug-likeness (QED) is 0.904. The Morgan fingerprint density at radius 1 is 0.750 bits per heavy atom. The van der Waals surface area contributed by atoms with Gasteiger partial charge in [-0.15, -0.1) is 0 Å². The maximum Gasteiger partial charge on any atom is 0.128 e. The molecule has 0 bridgehead atoms. The summed E-state index contributed by atoms with van der Waals surface area (Å²) in [6, 6.07) is 7.82. The number of aryl methyl sites for hydroxylation is 2. The summed E-state index contributed by atoms with van der Waals surface area (Å²) in [5.74, 6) is -0.830. The Labute approximate surface area is 117 Å². The van der Waals surface area contributed by atoms with Crippen LogP contribution < -0.4 is 11.5 Å². The molecule has 2 rings (SSSR count). The third-order valence-corrected chi connectivity index (χ3v) is 3.60. The Morgan fingerprint density at radius 2 is 1.10 bits per heavy atom. The number of rotatable bonds is 3. The lowest BCUT2D eigenvalue weighted by atomic mass is 9.89. The van der Waals surface area contributed by atoms with Crippen LogP contribution in [-0.2, 0) is 0 Å². The first-order valence-electron chi connectivity index (χ1n) is 6.44. The molecule has 2 aromatic carbocycles. The topological polar surface area (TPSA) is 52.0 Å². The van der Waals surface area contributed by atoms with E-state index in [1.165, 1.54) is 12.1 Å². The monoisotopic (exact) mass is 276 g/mol. The minimum Gasteiger partial charge on any atom is -0.322 e. The van der Waals surface area contributed by atoms with Crippen LogP contribution in [0.2, 0.25) is 0 Å². The summed E-state index contributed by atoms with van der Waals surface area (Å²) in [6.45, 7) is 3.53. The lowest BCUT2D eigenvalue weighted by Gasteiger charge is -2.24. The van der Waals surface area contributed by atoms with E-state index in [4.69, 9.17) is 11.5 Å². The molecule has 0 amide bonds. The molecule has 0 aliphatic rings. The van der Waals surface area contributed by atoms with Crippen LogP contribution in [0.5, 0.6) is 0 Å². The van der Waals surface area contributed by atoms with Crippen LogP contribution in [0.1, 0.15) is 34.3 Å². The minimum atomic E-state index is -0.799. The summed E-state index contributed by atoms with van der Waals surface area (Å²) in [7, 11) is 0. The van der Waals surface area contributed by atoms with E-state index in [0.29, 0.717) is 22.3 Å². The lowest BCUT2D eigenvalue weighted by Crippen LogP contribution is -2.29. The Morgan fingerprint density at radius 3 is 1.40 bits per heavy atom. The fraction of sp³-hybridized carbons (Fsp3) is 0.250. The summed E-state index contributed by atoms with van der Waals surface area (Å²) in [6.07, 6.45) is 0. The highest BCUT2D eigenvalue weighted by Crippen LogP contribution is 2.31. The van der Waals surface area contributed by atoms with Crippen LogP contribution >= 0.6 is 0 Å². The van der Waals surface area contributed by atoms with E-state index in [9.17, 15) is 8.78 Å². The summed E-state index contributed by atoms with van der Waals surface area (Å²) >= 11 is 0. The van der Waals surface area contributed by atoms with E-state index >= 15 is 0 Å². The van der Waals surface area contributed by atoms with Crippen molar-refractivity contribution in [2.24, 2.45) is 11.5 Å². The molecular weight excluding hydrogens is 258 g/mol. The van der Waals surface area contributed by atoms with Gasteiger partial charge >= 0.3 is 0 Å². The van der Waals surface area contributed by atoms with Gasteiger partial charge in [0, 0.05) is 11.1 Å². The van der Waals surface area contributed by atoms with Crippen molar-refractivity contribution in [3.05, 3.63) is 70.3 Å². The molecule has 0 heterocycles. The van der Waals surface area contributed by atoms with E-state index < -0.39 is 23.7 Å². The van der Waals surface area contributed by atoms with Crippen LogP contribution in [0, 0.1) is 25.5 Å². The molecule has 0 aliphatic heterocycles. The largest absolute Gasteiger partial charge is 0.322 e. The number of benzene rings is 2. The average molecular weight is 276 g/mol. The van der Waals surface area contributed by atoms with E-state index in [0.717, 1.165) is 0 Å². The molecule has 0 radical (unpaired) electrons. The van der Waals surface area contributed by atoms with Crippen molar-refractivity contribution in [1.82, 2.24) is 0 Å². The summed E-state index contributed by atoms with van der Waals surface area (Å²) in [4.78, 5) is 0. The predicted octanol–water partition coefficient (Wildman–Crippen LogP) is 3.28. The van der Waals surface area contributed by atoms with Crippen LogP contribution in [0.15, 0.2) is 36.4 Å². The first-order valence-corrected chi connectivity index (χ1v) is 6.44. The third kappa shape index (κ3) is 2.57. The molecule has 2 aromatic rings. The molecule has 106 valence electrons. The summed E-state index contributed by atoms with van der Waals surface area (Å²) in [5.41, 5.74) is 14.2. The zero-order valence-electron chi connectivity index (χ0n) is 11.5. The minimum absolute atomic E-state index is 0.336. The standard InChI is InChI=1S/C16H18F2N2/c1-9-5-3-7-11(17)13(9)15(19)16(20)14-10(2)6-4-8-12(14)18/h3-8,15-16H,19-20H2,1-2H3. The normalized spacial score (nSPS) is 14.1. The number of hydrogen-bond acceptors (Lipinski definition) is 2. The molecular formula is C16H18F2N2. The van der Waals surface area contributed by atoms with Crippen molar-refractivity contribution < 1.29 is 8.78 Å². The molecule has 20 heavy (non-hydrogen) atoms. The first-order chi connectivity index (χ1) is 9.43. The highest BCUT2D eigenvalue weighted by atomic mass is 19.1. The molecule has 2 unspecified atom stereocenters. The van der Waals surface area contributed by atoms with Gasteiger partial charge in [0.15, 0.2) is 0 Å². The van der Waals surface area contributed by atoms with Gasteiger partial charge in [0.2, 0.25) is 0 Å². The van der Waals surface area contributed by atoms with Gasteiger partial charge in [-0.05, 0) is 37.1 Å². The highest BCUT2D eigenvalue weighted by molar-refractivity contribution is 5.37. The maximum absolute atomic E-state index is 13.9. The van der Waals surface area contributed by atoms with Crippen LogP contribution in [0.4, 0.5) is 8.78 Å². The Kier molecular flexibility index (Phi) is 4.16. The van der Waals surface area contributed by atoms with Crippen molar-refractivity contribution in [3.8, 4) is 0 Å². The highest BCUT2D eigenvalue weighted by Gasteiger charge is 2.25. The van der Waals surface area contributed by atoms with Crippen LogP contribution in [0.25, 0.3) is 0 Å². The molecule has 2 atom stereocenters. The van der Waals surface area contributed by atoms with E-state index in [-0.39, 0.29) is 0 Å². The molecule has 4 N–H and O–H groups in total. The fourth-order valence-corrected chi connectivity index (χ4v) is 2.49. The van der Waals surface area contributed by atoms with Crippen molar-refractivity contribution in [1.29, 1.82) is 0 Å². The molecule has 2 nitrogen and oxygen atoms in total. The molecule has 4 heteroatoms. The number of halogens is 2. The number of hydrogen-bond donors (Lipinski definition) is 2. The first kappa shape index (κ1) is 14.6. The Balaban J connectivity index is 2.46. The van der Waals surface area contributed by atoms with E-state index in [2.05, 4.69) is 0 Å². The van der Waals surface area contributed by atoms with Crippen LogP contribution in [0.3, 0.4) is 0 Å². The molecule has 0 fully saturated rings. The molecule has 0 saturated carbocycles. The smallest absolute Gasteiger partial charge is 0.128 e. The summed E-state index contributed by atoms with van der Waals surface area (Å²) < 4.78 is 27.9. The van der Waals surface area contributed by atoms with Gasteiger partial charge in [-0.25, -0.2) is 8.78 Å². The Hall–Kier alpha value is -1.78. The van der Waals surface area contributed by atoms with Gasteiger partial charge < -0.3 is 11.5 Å². The summed E-state index contributed by atoms with van der Waals surface area (Å²) in [5, 5.41) is 0. The zero-order valence-corrected chi connectivity index (χ0v) is 11.5. The van der Waals surface area contributed by atoms with Gasteiger partial charge in [-0.2, -0.15) is 0 Å². The second-order valence-corrected chi connectivity index (χ2v) is 4.99. The van der Waals surface area contributed by atoms with Crippen molar-refractivity contribution in [2.75, 3.05) is 0 Å². The van der Waals surface area contributed by atoms with E-state index in [1.54, 1.807) is 38.1 Å². The second kappa shape index (κ2) is 5.69. The van der Waals surface area contributed by atoms with Crippen molar-refractivity contribution >= 4 is 0 Å². The third-order valence-electron chi connectivity index (χ3n) is 3.60. The molecule has 0 spiro atoms. The zero-order chi connectivity index (χ0) is 14.9. The Bertz CT molecular complexity index is 530. The van der Waals surface area contributed by atoms with Gasteiger partial charge in [-0.1, -0.05) is 24.3 Å². The predicted molar refractivity (Wildman–Crippen MR) is 76.1 cm³/mol. The number of nitrogens with two attached hydrogens (primary N) is 2. The SMILES string of the molecule is Cc1cccc(F)c1C(N)C(N)c1c(C)cccc1F. The van der Waals surface area contributed by atoms with Crippen molar-refractivity contribution in [2.45, 2.75) is 25.9 Å². The molecule has 0 saturated heterocycles. The molecule has 0 aliphatic carbocycles. The van der Waals surface area contributed by atoms with Gasteiger partial charge in [0.25, 0.3) is 0 Å². The molecule has 0 aromatic heterocycles. The average Bonchev–Trinajstić information content (AvgIpc) is 2.37.